The summed E-state index contributed by atoms with van der Waals surface area (Å²) in [7, 11) is 0. The Balaban J connectivity index is 2.04. The van der Waals surface area contributed by atoms with Crippen LogP contribution in [0.3, 0.4) is 0 Å². The van der Waals surface area contributed by atoms with Crippen LogP contribution in [-0.2, 0) is 11.2 Å². The Bertz CT molecular complexity index is 711. The van der Waals surface area contributed by atoms with E-state index in [2.05, 4.69) is 16.0 Å². The third-order valence-electron chi connectivity index (χ3n) is 2.80. The summed E-state index contributed by atoms with van der Waals surface area (Å²) < 4.78 is 0. The molecule has 3 rings (SSSR count). The molecule has 3 aromatic rings. The van der Waals surface area contributed by atoms with Crippen LogP contribution in [0.4, 0.5) is 0 Å². The second kappa shape index (κ2) is 4.38. The molecule has 0 spiro atoms. The average Bonchev–Trinajstić information content (AvgIpc) is 2.94. The third kappa shape index (κ3) is 1.95. The highest BCUT2D eigenvalue weighted by molar-refractivity contribution is 7.13. The fourth-order valence-electron chi connectivity index (χ4n) is 2.02. The molecule has 3 nitrogen and oxygen atoms in total. The topological polar surface area (TPSA) is 45.8 Å². The van der Waals surface area contributed by atoms with Crippen LogP contribution in [0.5, 0.6) is 0 Å². The molecule has 1 N–H and O–H groups in total. The number of fused-ring (bicyclic) bond motifs is 1. The summed E-state index contributed by atoms with van der Waals surface area (Å²) in [5.41, 5.74) is 3.06. The second-order valence-electron chi connectivity index (χ2n) is 4.27. The number of nitrogens with zero attached hydrogens (tertiary/aromatic N) is 1. The molecule has 0 aliphatic carbocycles. The summed E-state index contributed by atoms with van der Waals surface area (Å²) in [6.07, 6.45) is 2.39. The van der Waals surface area contributed by atoms with Crippen molar-refractivity contribution in [2.24, 2.45) is 0 Å². The molecule has 18 heavy (non-hydrogen) atoms. The first-order valence-electron chi connectivity index (χ1n) is 5.74. The monoisotopic (exact) mass is 256 g/mol. The molecule has 2 aromatic heterocycles. The van der Waals surface area contributed by atoms with E-state index in [0.29, 0.717) is 6.42 Å². The molecule has 2 heterocycles. The van der Waals surface area contributed by atoms with Crippen molar-refractivity contribution in [3.8, 4) is 10.6 Å². The molecule has 0 bridgehead atoms. The van der Waals surface area contributed by atoms with Crippen LogP contribution in [0.1, 0.15) is 12.6 Å². The van der Waals surface area contributed by atoms with Crippen molar-refractivity contribution in [2.45, 2.75) is 13.3 Å². The summed E-state index contributed by atoms with van der Waals surface area (Å²) in [5, 5.41) is 4.09. The summed E-state index contributed by atoms with van der Waals surface area (Å²) in [4.78, 5) is 18.8. The minimum Gasteiger partial charge on any atom is -0.360 e. The third-order valence-corrected chi connectivity index (χ3v) is 3.73. The number of rotatable bonds is 3. The number of aromatic amines is 1. The Morgan fingerprint density at radius 2 is 2.22 bits per heavy atom. The Labute approximate surface area is 108 Å². The lowest BCUT2D eigenvalue weighted by Gasteiger charge is -1.93. The van der Waals surface area contributed by atoms with Crippen LogP contribution in [0.2, 0.25) is 0 Å². The zero-order valence-corrected chi connectivity index (χ0v) is 10.8. The Kier molecular flexibility index (Phi) is 2.72. The maximum absolute atomic E-state index is 11.1. The highest BCUT2D eigenvalue weighted by atomic mass is 32.1. The van der Waals surface area contributed by atoms with Gasteiger partial charge in [0.2, 0.25) is 0 Å². The van der Waals surface area contributed by atoms with Crippen molar-refractivity contribution in [2.75, 3.05) is 0 Å². The lowest BCUT2D eigenvalue weighted by Crippen LogP contribution is -1.95. The average molecular weight is 256 g/mol. The maximum atomic E-state index is 11.1. The van der Waals surface area contributed by atoms with Gasteiger partial charge in [0, 0.05) is 34.5 Å². The van der Waals surface area contributed by atoms with Crippen LogP contribution in [0, 0.1) is 0 Å². The number of nitrogens with one attached hydrogen (secondary N) is 1. The van der Waals surface area contributed by atoms with E-state index in [1.165, 1.54) is 5.39 Å². The van der Waals surface area contributed by atoms with E-state index >= 15 is 0 Å². The number of carbonyl (C=O) groups is 1. The molecule has 0 fully saturated rings. The molecule has 0 saturated heterocycles. The van der Waals surface area contributed by atoms with Crippen LogP contribution < -0.4 is 0 Å². The van der Waals surface area contributed by atoms with Gasteiger partial charge >= 0.3 is 0 Å². The van der Waals surface area contributed by atoms with E-state index in [9.17, 15) is 4.79 Å². The largest absolute Gasteiger partial charge is 0.360 e. The van der Waals surface area contributed by atoms with Crippen LogP contribution in [0.15, 0.2) is 35.8 Å². The Hall–Kier alpha value is -1.94. The fourth-order valence-corrected chi connectivity index (χ4v) is 2.86. The van der Waals surface area contributed by atoms with Gasteiger partial charge in [0.05, 0.1) is 5.69 Å². The lowest BCUT2D eigenvalue weighted by molar-refractivity contribution is -0.116. The van der Waals surface area contributed by atoms with Gasteiger partial charge in [-0.05, 0) is 13.0 Å². The van der Waals surface area contributed by atoms with E-state index in [4.69, 9.17) is 0 Å². The molecule has 0 unspecified atom stereocenters. The zero-order chi connectivity index (χ0) is 12.5. The highest BCUT2D eigenvalue weighted by Gasteiger charge is 2.10. The highest BCUT2D eigenvalue weighted by Crippen LogP contribution is 2.30. The molecule has 1 aromatic carbocycles. The van der Waals surface area contributed by atoms with Gasteiger partial charge in [-0.25, -0.2) is 4.98 Å². The summed E-state index contributed by atoms with van der Waals surface area (Å²) in [5.74, 6) is 0.144. The van der Waals surface area contributed by atoms with Crippen molar-refractivity contribution >= 4 is 28.0 Å². The normalized spacial score (nSPS) is 10.9. The number of carbonyl (C=O) groups excluding carboxylic acids is 1. The fraction of sp³-hybridized carbons (Fsp3) is 0.143. The smallest absolute Gasteiger partial charge is 0.135 e. The van der Waals surface area contributed by atoms with E-state index in [1.807, 2.05) is 29.8 Å². The number of hydrogen-bond acceptors (Lipinski definition) is 3. The van der Waals surface area contributed by atoms with E-state index < -0.39 is 0 Å². The molecule has 4 heteroatoms. The standard InChI is InChI=1S/C14H12N2OS/c1-9(17)6-10-8-18-14(16-10)12-7-15-13-5-3-2-4-11(12)13/h2-5,7-8,15H,6H2,1H3. The molecule has 0 amide bonds. The van der Waals surface area contributed by atoms with Gasteiger partial charge in [-0.1, -0.05) is 18.2 Å². The number of Topliss-reactive ketones (excluding diaryl/α,β-unsaturated/α-hetero) is 1. The van der Waals surface area contributed by atoms with Crippen LogP contribution in [-0.4, -0.2) is 15.8 Å². The van der Waals surface area contributed by atoms with Gasteiger partial charge in [0.15, 0.2) is 0 Å². The van der Waals surface area contributed by atoms with Crippen molar-refractivity contribution in [3.63, 3.8) is 0 Å². The number of para-hydroxylation sites is 1. The van der Waals surface area contributed by atoms with Crippen molar-refractivity contribution in [1.29, 1.82) is 0 Å². The minimum atomic E-state index is 0.144. The van der Waals surface area contributed by atoms with Crippen molar-refractivity contribution in [3.05, 3.63) is 41.5 Å². The van der Waals surface area contributed by atoms with E-state index in [1.54, 1.807) is 18.3 Å². The van der Waals surface area contributed by atoms with Gasteiger partial charge < -0.3 is 4.98 Å². The van der Waals surface area contributed by atoms with Gasteiger partial charge in [-0.2, -0.15) is 0 Å². The van der Waals surface area contributed by atoms with Gasteiger partial charge in [0.1, 0.15) is 10.8 Å². The number of hydrogen-bond donors (Lipinski definition) is 1. The van der Waals surface area contributed by atoms with E-state index in [0.717, 1.165) is 21.8 Å². The molecular weight excluding hydrogens is 244 g/mol. The maximum Gasteiger partial charge on any atom is 0.135 e. The van der Waals surface area contributed by atoms with Crippen molar-refractivity contribution < 1.29 is 4.79 Å². The lowest BCUT2D eigenvalue weighted by atomic mass is 10.2. The van der Waals surface area contributed by atoms with E-state index in [-0.39, 0.29) is 5.78 Å². The second-order valence-corrected chi connectivity index (χ2v) is 5.13. The minimum absolute atomic E-state index is 0.144. The number of benzene rings is 1. The van der Waals surface area contributed by atoms with Gasteiger partial charge in [-0.15, -0.1) is 11.3 Å². The first kappa shape index (κ1) is 11.2. The Morgan fingerprint density at radius 1 is 1.39 bits per heavy atom. The summed E-state index contributed by atoms with van der Waals surface area (Å²) >= 11 is 1.58. The predicted molar refractivity (Wildman–Crippen MR) is 73.8 cm³/mol. The molecule has 90 valence electrons. The van der Waals surface area contributed by atoms with Crippen molar-refractivity contribution in [1.82, 2.24) is 9.97 Å². The number of H-pyrrole nitrogens is 1. The zero-order valence-electron chi connectivity index (χ0n) is 9.93. The summed E-state index contributed by atoms with van der Waals surface area (Å²) in [6, 6.07) is 8.14. The quantitative estimate of drug-likeness (QED) is 0.780. The first-order valence-corrected chi connectivity index (χ1v) is 6.62. The number of thiazole rings is 1. The number of aromatic nitrogens is 2. The molecule has 0 saturated carbocycles. The molecule has 0 radical (unpaired) electrons. The first-order chi connectivity index (χ1) is 8.74. The van der Waals surface area contributed by atoms with Crippen LogP contribution >= 0.6 is 11.3 Å². The molecule has 0 aliphatic heterocycles. The SMILES string of the molecule is CC(=O)Cc1csc(-c2c[nH]c3ccccc23)n1. The number of ketones is 1. The predicted octanol–water partition coefficient (Wildman–Crippen LogP) is 3.42. The molecular formula is C14H12N2OS. The molecule has 0 aliphatic rings. The Morgan fingerprint density at radius 3 is 3.06 bits per heavy atom. The van der Waals surface area contributed by atoms with Gasteiger partial charge in [0.25, 0.3) is 0 Å². The molecule has 0 atom stereocenters. The summed E-state index contributed by atoms with van der Waals surface area (Å²) in [6.45, 7) is 1.59. The van der Waals surface area contributed by atoms with Crippen LogP contribution in [0.25, 0.3) is 21.5 Å². The van der Waals surface area contributed by atoms with Gasteiger partial charge in [-0.3, -0.25) is 4.79 Å².